The highest BCUT2D eigenvalue weighted by molar-refractivity contribution is 6.33. The maximum absolute atomic E-state index is 12.9. The van der Waals surface area contributed by atoms with Gasteiger partial charge in [-0.05, 0) is 36.1 Å². The minimum absolute atomic E-state index is 0.0306. The summed E-state index contributed by atoms with van der Waals surface area (Å²) in [6, 6.07) is 20.9. The third-order valence-corrected chi connectivity index (χ3v) is 6.44. The zero-order valence-electron chi connectivity index (χ0n) is 21.2. The molecular formula is C30H28ClNO6. The first kappa shape index (κ1) is 26.9. The van der Waals surface area contributed by atoms with Crippen molar-refractivity contribution in [3.8, 4) is 5.75 Å². The van der Waals surface area contributed by atoms with Crippen LogP contribution < -0.4 is 15.7 Å². The van der Waals surface area contributed by atoms with E-state index < -0.39 is 23.7 Å². The van der Waals surface area contributed by atoms with Crippen molar-refractivity contribution in [1.82, 2.24) is 5.32 Å². The molecule has 0 aliphatic heterocycles. The zero-order chi connectivity index (χ0) is 27.1. The fraction of sp³-hybridized carbons (Fsp3) is 0.233. The summed E-state index contributed by atoms with van der Waals surface area (Å²) in [5.74, 6) is -0.674. The molecule has 4 aromatic rings. The average Bonchev–Trinajstić information content (AvgIpc) is 2.92. The summed E-state index contributed by atoms with van der Waals surface area (Å²) in [7, 11) is 0. The van der Waals surface area contributed by atoms with E-state index in [1.807, 2.05) is 74.5 Å². The molecule has 0 saturated heterocycles. The van der Waals surface area contributed by atoms with Crippen LogP contribution in [0.2, 0.25) is 5.02 Å². The van der Waals surface area contributed by atoms with E-state index in [4.69, 9.17) is 25.5 Å². The van der Waals surface area contributed by atoms with Crippen molar-refractivity contribution in [2.75, 3.05) is 0 Å². The predicted molar refractivity (Wildman–Crippen MR) is 146 cm³/mol. The number of carbonyl (C=O) groups is 2. The van der Waals surface area contributed by atoms with Gasteiger partial charge in [-0.3, -0.25) is 0 Å². The molecule has 4 rings (SSSR count). The maximum atomic E-state index is 12.9. The first-order chi connectivity index (χ1) is 18.4. The lowest BCUT2D eigenvalue weighted by molar-refractivity contribution is -0.136. The second kappa shape index (κ2) is 12.4. The molecule has 196 valence electrons. The monoisotopic (exact) mass is 533 g/mol. The Hall–Kier alpha value is -4.10. The van der Waals surface area contributed by atoms with Gasteiger partial charge in [-0.1, -0.05) is 85.6 Å². The lowest BCUT2D eigenvalue weighted by Crippen LogP contribution is -2.43. The fourth-order valence-electron chi connectivity index (χ4n) is 4.10. The number of amides is 1. The zero-order valence-corrected chi connectivity index (χ0v) is 21.9. The molecule has 1 aromatic heterocycles. The fourth-order valence-corrected chi connectivity index (χ4v) is 4.30. The van der Waals surface area contributed by atoms with Crippen LogP contribution in [0.4, 0.5) is 4.79 Å². The van der Waals surface area contributed by atoms with Gasteiger partial charge in [0.25, 0.3) is 0 Å². The van der Waals surface area contributed by atoms with Crippen LogP contribution in [-0.4, -0.2) is 18.1 Å². The van der Waals surface area contributed by atoms with Crippen LogP contribution in [0.25, 0.3) is 11.0 Å². The summed E-state index contributed by atoms with van der Waals surface area (Å²) < 4.78 is 16.3. The highest BCUT2D eigenvalue weighted by Gasteiger charge is 2.24. The van der Waals surface area contributed by atoms with Gasteiger partial charge in [-0.25, -0.2) is 14.4 Å². The molecule has 1 amide bonds. The van der Waals surface area contributed by atoms with Gasteiger partial charge < -0.3 is 19.2 Å². The SMILES string of the molecule is CCC[C@H](NC(=O)OCc1ccccc1)C(=O)Oc1cc2oc(=O)c(Cc3ccccc3)c(C)c2cc1Cl. The highest BCUT2D eigenvalue weighted by atomic mass is 35.5. The third kappa shape index (κ3) is 6.61. The molecule has 1 atom stereocenters. The number of aryl methyl sites for hydroxylation is 1. The van der Waals surface area contributed by atoms with E-state index in [1.54, 1.807) is 6.07 Å². The van der Waals surface area contributed by atoms with E-state index in [-0.39, 0.29) is 23.0 Å². The van der Waals surface area contributed by atoms with Crippen LogP contribution in [0.1, 0.15) is 42.0 Å². The van der Waals surface area contributed by atoms with Crippen LogP contribution in [0.5, 0.6) is 5.75 Å². The number of benzene rings is 3. The van der Waals surface area contributed by atoms with Gasteiger partial charge in [-0.2, -0.15) is 0 Å². The molecule has 38 heavy (non-hydrogen) atoms. The molecule has 0 unspecified atom stereocenters. The molecule has 0 fully saturated rings. The lowest BCUT2D eigenvalue weighted by atomic mass is 9.99. The van der Waals surface area contributed by atoms with Crippen LogP contribution in [-0.2, 0) is 22.6 Å². The first-order valence-electron chi connectivity index (χ1n) is 12.3. The molecule has 7 nitrogen and oxygen atoms in total. The van der Waals surface area contributed by atoms with Gasteiger partial charge in [0.1, 0.15) is 18.2 Å². The number of carbonyl (C=O) groups excluding carboxylic acids is 2. The molecule has 0 aliphatic rings. The topological polar surface area (TPSA) is 94.8 Å². The highest BCUT2D eigenvalue weighted by Crippen LogP contribution is 2.32. The molecule has 0 radical (unpaired) electrons. The summed E-state index contributed by atoms with van der Waals surface area (Å²) in [5, 5.41) is 3.38. The minimum Gasteiger partial charge on any atom is -0.445 e. The van der Waals surface area contributed by atoms with Crippen molar-refractivity contribution in [1.29, 1.82) is 0 Å². The van der Waals surface area contributed by atoms with Crippen molar-refractivity contribution in [2.24, 2.45) is 0 Å². The number of hydrogen-bond acceptors (Lipinski definition) is 6. The lowest BCUT2D eigenvalue weighted by Gasteiger charge is -2.17. The number of ether oxygens (including phenoxy) is 2. The molecule has 1 heterocycles. The van der Waals surface area contributed by atoms with E-state index in [1.165, 1.54) is 6.07 Å². The van der Waals surface area contributed by atoms with Gasteiger partial charge in [0.05, 0.1) is 5.02 Å². The molecule has 0 spiro atoms. The van der Waals surface area contributed by atoms with Crippen molar-refractivity contribution >= 4 is 34.6 Å². The van der Waals surface area contributed by atoms with Crippen molar-refractivity contribution < 1.29 is 23.5 Å². The Labute approximate surface area is 225 Å². The van der Waals surface area contributed by atoms with Crippen LogP contribution in [0.15, 0.2) is 82.0 Å². The molecule has 0 bridgehead atoms. The van der Waals surface area contributed by atoms with Crippen LogP contribution >= 0.6 is 11.6 Å². The third-order valence-electron chi connectivity index (χ3n) is 6.14. The number of rotatable bonds is 9. The van der Waals surface area contributed by atoms with Crippen LogP contribution in [0, 0.1) is 6.92 Å². The Kier molecular flexibility index (Phi) is 8.81. The van der Waals surface area contributed by atoms with Crippen LogP contribution in [0.3, 0.4) is 0 Å². The number of hydrogen-bond donors (Lipinski definition) is 1. The molecule has 1 N–H and O–H groups in total. The largest absolute Gasteiger partial charge is 0.445 e. The van der Waals surface area contributed by atoms with Crippen molar-refractivity contribution in [2.45, 2.75) is 45.8 Å². The molecule has 3 aromatic carbocycles. The van der Waals surface area contributed by atoms with E-state index in [0.29, 0.717) is 30.2 Å². The molecular weight excluding hydrogens is 506 g/mol. The second-order valence-corrected chi connectivity index (χ2v) is 9.31. The van der Waals surface area contributed by atoms with Gasteiger partial charge in [-0.15, -0.1) is 0 Å². The number of halogens is 1. The van der Waals surface area contributed by atoms with Gasteiger partial charge in [0.2, 0.25) is 0 Å². The van der Waals surface area contributed by atoms with Gasteiger partial charge in [0.15, 0.2) is 5.75 Å². The Morgan fingerprint density at radius 2 is 1.66 bits per heavy atom. The van der Waals surface area contributed by atoms with E-state index in [0.717, 1.165) is 16.7 Å². The Morgan fingerprint density at radius 1 is 1.00 bits per heavy atom. The smallest absolute Gasteiger partial charge is 0.408 e. The standard InChI is InChI=1S/C30H28ClNO6/c1-3-10-25(32-30(35)36-18-21-13-8-5-9-14-21)29(34)38-27-17-26-22(16-24(27)31)19(2)23(28(33)37-26)15-20-11-6-4-7-12-20/h4-9,11-14,16-17,25H,3,10,15,18H2,1-2H3,(H,32,35)/t25-/m0/s1. The maximum Gasteiger partial charge on any atom is 0.408 e. The number of esters is 1. The predicted octanol–water partition coefficient (Wildman–Crippen LogP) is 6.35. The summed E-state index contributed by atoms with van der Waals surface area (Å²) in [6.07, 6.45) is 0.634. The summed E-state index contributed by atoms with van der Waals surface area (Å²) in [6.45, 7) is 3.79. The Morgan fingerprint density at radius 3 is 2.32 bits per heavy atom. The van der Waals surface area contributed by atoms with Gasteiger partial charge in [0, 0.05) is 23.4 Å². The number of nitrogens with one attached hydrogen (secondary N) is 1. The Bertz CT molecular complexity index is 1480. The Balaban J connectivity index is 1.50. The van der Waals surface area contributed by atoms with E-state index >= 15 is 0 Å². The summed E-state index contributed by atoms with van der Waals surface area (Å²) in [5.41, 5.74) is 2.86. The quantitative estimate of drug-likeness (QED) is 0.153. The van der Waals surface area contributed by atoms with E-state index in [2.05, 4.69) is 5.32 Å². The van der Waals surface area contributed by atoms with E-state index in [9.17, 15) is 14.4 Å². The van der Waals surface area contributed by atoms with Crippen molar-refractivity contribution in [3.05, 3.63) is 110 Å². The normalized spacial score (nSPS) is 11.7. The molecule has 8 heteroatoms. The molecule has 0 saturated carbocycles. The second-order valence-electron chi connectivity index (χ2n) is 8.90. The van der Waals surface area contributed by atoms with Gasteiger partial charge >= 0.3 is 17.7 Å². The molecule has 0 aliphatic carbocycles. The number of fused-ring (bicyclic) bond motifs is 1. The minimum atomic E-state index is -0.947. The summed E-state index contributed by atoms with van der Waals surface area (Å²) in [4.78, 5) is 38.1. The summed E-state index contributed by atoms with van der Waals surface area (Å²) >= 11 is 6.47. The number of alkyl carbamates (subject to hydrolysis) is 1. The average molecular weight is 534 g/mol. The van der Waals surface area contributed by atoms with Crippen molar-refractivity contribution in [3.63, 3.8) is 0 Å². The first-order valence-corrected chi connectivity index (χ1v) is 12.7.